The minimum absolute atomic E-state index is 0.0592. The third-order valence-electron chi connectivity index (χ3n) is 4.34. The van der Waals surface area contributed by atoms with E-state index in [-0.39, 0.29) is 11.9 Å². The fraction of sp³-hybridized carbons (Fsp3) is 0.500. The number of nitrogens with zero attached hydrogens (tertiary/aromatic N) is 1. The van der Waals surface area contributed by atoms with Crippen LogP contribution in [0.3, 0.4) is 0 Å². The molecule has 5 nitrogen and oxygen atoms in total. The molecule has 2 atom stereocenters. The van der Waals surface area contributed by atoms with Crippen LogP contribution in [0.5, 0.6) is 0 Å². The Hall–Kier alpha value is -2.04. The molecule has 0 radical (unpaired) electrons. The van der Waals surface area contributed by atoms with Crippen molar-refractivity contribution in [2.75, 3.05) is 13.1 Å². The van der Waals surface area contributed by atoms with Gasteiger partial charge in [-0.3, -0.25) is 4.79 Å². The highest BCUT2D eigenvalue weighted by atomic mass is 16.2. The van der Waals surface area contributed by atoms with Gasteiger partial charge in [-0.25, -0.2) is 4.79 Å². The molecule has 5 heteroatoms. The van der Waals surface area contributed by atoms with Gasteiger partial charge in [0.1, 0.15) is 6.04 Å². The topological polar surface area (TPSA) is 61.4 Å². The van der Waals surface area contributed by atoms with Crippen LogP contribution in [0.1, 0.15) is 24.8 Å². The summed E-state index contributed by atoms with van der Waals surface area (Å²) in [5.74, 6) is 0.0592. The Balaban J connectivity index is 1.57. The standard InChI is InChI=1S/C16H21N3O2/c20-15(14-11-17-16(21)18-14)19-10-4-7-13(19)9-8-12-5-2-1-3-6-12/h1-3,5-6,13-14H,4,7-11H2,(H2,17,18,21)/t13-,14-/m1/s1. The summed E-state index contributed by atoms with van der Waals surface area (Å²) in [6, 6.07) is 10.0. The summed E-state index contributed by atoms with van der Waals surface area (Å²) in [5, 5.41) is 5.33. The highest BCUT2D eigenvalue weighted by Gasteiger charge is 2.35. The van der Waals surface area contributed by atoms with E-state index in [1.165, 1.54) is 5.56 Å². The number of benzene rings is 1. The summed E-state index contributed by atoms with van der Waals surface area (Å²) in [5.41, 5.74) is 1.31. The van der Waals surface area contributed by atoms with E-state index in [1.807, 2.05) is 23.1 Å². The molecule has 2 aliphatic rings. The smallest absolute Gasteiger partial charge is 0.315 e. The van der Waals surface area contributed by atoms with Crippen LogP contribution < -0.4 is 10.6 Å². The number of amides is 3. The molecule has 2 fully saturated rings. The molecule has 2 heterocycles. The monoisotopic (exact) mass is 287 g/mol. The van der Waals surface area contributed by atoms with Gasteiger partial charge < -0.3 is 15.5 Å². The molecule has 0 bridgehead atoms. The second kappa shape index (κ2) is 6.16. The lowest BCUT2D eigenvalue weighted by atomic mass is 10.0. The van der Waals surface area contributed by atoms with Gasteiger partial charge in [0, 0.05) is 19.1 Å². The zero-order chi connectivity index (χ0) is 14.7. The van der Waals surface area contributed by atoms with Crippen LogP contribution in [0.15, 0.2) is 30.3 Å². The first-order valence-electron chi connectivity index (χ1n) is 7.63. The Morgan fingerprint density at radius 3 is 2.81 bits per heavy atom. The van der Waals surface area contributed by atoms with Crippen molar-refractivity contribution in [1.29, 1.82) is 0 Å². The number of rotatable bonds is 4. The van der Waals surface area contributed by atoms with Crippen molar-refractivity contribution in [1.82, 2.24) is 15.5 Å². The molecule has 2 N–H and O–H groups in total. The van der Waals surface area contributed by atoms with Gasteiger partial charge in [-0.1, -0.05) is 30.3 Å². The van der Waals surface area contributed by atoms with E-state index in [9.17, 15) is 9.59 Å². The predicted molar refractivity (Wildman–Crippen MR) is 79.8 cm³/mol. The molecule has 21 heavy (non-hydrogen) atoms. The highest BCUT2D eigenvalue weighted by Crippen LogP contribution is 2.23. The summed E-state index contributed by atoms with van der Waals surface area (Å²) in [7, 11) is 0. The van der Waals surface area contributed by atoms with Crippen LogP contribution in [0.25, 0.3) is 0 Å². The minimum Gasteiger partial charge on any atom is -0.338 e. The zero-order valence-corrected chi connectivity index (χ0v) is 12.0. The molecule has 0 aromatic heterocycles. The fourth-order valence-electron chi connectivity index (χ4n) is 3.21. The van der Waals surface area contributed by atoms with Gasteiger partial charge >= 0.3 is 6.03 Å². The quantitative estimate of drug-likeness (QED) is 0.876. The summed E-state index contributed by atoms with van der Waals surface area (Å²) >= 11 is 0. The number of carbonyl (C=O) groups excluding carboxylic acids is 2. The van der Waals surface area contributed by atoms with Crippen LogP contribution in [0.4, 0.5) is 4.79 Å². The van der Waals surface area contributed by atoms with Crippen molar-refractivity contribution in [3.8, 4) is 0 Å². The van der Waals surface area contributed by atoms with Gasteiger partial charge in [-0.05, 0) is 31.2 Å². The molecule has 2 aliphatic heterocycles. The second-order valence-corrected chi connectivity index (χ2v) is 5.76. The molecular weight excluding hydrogens is 266 g/mol. The van der Waals surface area contributed by atoms with Crippen molar-refractivity contribution >= 4 is 11.9 Å². The molecule has 0 unspecified atom stereocenters. The lowest BCUT2D eigenvalue weighted by Gasteiger charge is -2.27. The van der Waals surface area contributed by atoms with Gasteiger partial charge in [0.25, 0.3) is 0 Å². The second-order valence-electron chi connectivity index (χ2n) is 5.76. The number of hydrogen-bond acceptors (Lipinski definition) is 2. The largest absolute Gasteiger partial charge is 0.338 e. The first kappa shape index (κ1) is 13.9. The molecule has 3 rings (SSSR count). The maximum atomic E-state index is 12.5. The van der Waals surface area contributed by atoms with E-state index in [0.717, 1.165) is 32.2 Å². The molecule has 0 aliphatic carbocycles. The Morgan fingerprint density at radius 2 is 2.10 bits per heavy atom. The molecule has 112 valence electrons. The van der Waals surface area contributed by atoms with E-state index in [1.54, 1.807) is 0 Å². The molecule has 3 amide bonds. The number of carbonyl (C=O) groups is 2. The minimum atomic E-state index is -0.394. The molecule has 1 aromatic rings. The van der Waals surface area contributed by atoms with Crippen molar-refractivity contribution in [3.63, 3.8) is 0 Å². The Labute approximate surface area is 124 Å². The van der Waals surface area contributed by atoms with E-state index in [2.05, 4.69) is 22.8 Å². The van der Waals surface area contributed by atoms with Gasteiger partial charge in [0.05, 0.1) is 0 Å². The predicted octanol–water partition coefficient (Wildman–Crippen LogP) is 1.29. The van der Waals surface area contributed by atoms with Gasteiger partial charge in [0.2, 0.25) is 5.91 Å². The van der Waals surface area contributed by atoms with E-state index in [4.69, 9.17) is 0 Å². The number of urea groups is 1. The molecule has 1 aromatic carbocycles. The normalized spacial score (nSPS) is 24.8. The number of likely N-dealkylation sites (tertiary alicyclic amines) is 1. The van der Waals surface area contributed by atoms with Crippen molar-refractivity contribution < 1.29 is 9.59 Å². The average Bonchev–Trinajstić information content (AvgIpc) is 3.14. The summed E-state index contributed by atoms with van der Waals surface area (Å²) in [4.78, 5) is 25.6. The molecule has 0 spiro atoms. The Kier molecular flexibility index (Phi) is 4.08. The fourth-order valence-corrected chi connectivity index (χ4v) is 3.21. The zero-order valence-electron chi connectivity index (χ0n) is 12.0. The summed E-state index contributed by atoms with van der Waals surface area (Å²) in [6.07, 6.45) is 4.10. The molecule has 2 saturated heterocycles. The third kappa shape index (κ3) is 3.17. The van der Waals surface area contributed by atoms with E-state index >= 15 is 0 Å². The lowest BCUT2D eigenvalue weighted by Crippen LogP contribution is -2.47. The Morgan fingerprint density at radius 1 is 1.29 bits per heavy atom. The van der Waals surface area contributed by atoms with Crippen molar-refractivity contribution in [2.24, 2.45) is 0 Å². The van der Waals surface area contributed by atoms with Gasteiger partial charge in [0.15, 0.2) is 0 Å². The average molecular weight is 287 g/mol. The maximum absolute atomic E-state index is 12.5. The van der Waals surface area contributed by atoms with Crippen LogP contribution in [0, 0.1) is 0 Å². The van der Waals surface area contributed by atoms with Crippen LogP contribution in [0.2, 0.25) is 0 Å². The third-order valence-corrected chi connectivity index (χ3v) is 4.34. The first-order chi connectivity index (χ1) is 10.2. The number of aryl methyl sites for hydroxylation is 1. The SMILES string of the molecule is O=C1NC[C@H](C(=O)N2CCC[C@@H]2CCc2ccccc2)N1. The van der Waals surface area contributed by atoms with Crippen molar-refractivity contribution in [3.05, 3.63) is 35.9 Å². The van der Waals surface area contributed by atoms with Crippen LogP contribution in [-0.2, 0) is 11.2 Å². The summed E-state index contributed by atoms with van der Waals surface area (Å²) in [6.45, 7) is 1.21. The Bertz CT molecular complexity index is 518. The maximum Gasteiger partial charge on any atom is 0.315 e. The van der Waals surface area contributed by atoms with Crippen LogP contribution in [-0.4, -0.2) is 42.0 Å². The van der Waals surface area contributed by atoms with Crippen molar-refractivity contribution in [2.45, 2.75) is 37.8 Å². The molecule has 0 saturated carbocycles. The van der Waals surface area contributed by atoms with E-state index in [0.29, 0.717) is 12.6 Å². The highest BCUT2D eigenvalue weighted by molar-refractivity contribution is 5.90. The van der Waals surface area contributed by atoms with Gasteiger partial charge in [-0.15, -0.1) is 0 Å². The first-order valence-corrected chi connectivity index (χ1v) is 7.63. The van der Waals surface area contributed by atoms with E-state index < -0.39 is 6.04 Å². The molecular formula is C16H21N3O2. The van der Waals surface area contributed by atoms with Gasteiger partial charge in [-0.2, -0.15) is 0 Å². The lowest BCUT2D eigenvalue weighted by molar-refractivity contribution is -0.133. The van der Waals surface area contributed by atoms with Crippen LogP contribution >= 0.6 is 0 Å². The summed E-state index contributed by atoms with van der Waals surface area (Å²) < 4.78 is 0. The number of nitrogens with one attached hydrogen (secondary N) is 2. The number of hydrogen-bond donors (Lipinski definition) is 2.